The van der Waals surface area contributed by atoms with Gasteiger partial charge in [0.05, 0.1) is 5.69 Å². The van der Waals surface area contributed by atoms with E-state index in [1.807, 2.05) is 12.3 Å². The fraction of sp³-hybridized carbons (Fsp3) is 0.714. The summed E-state index contributed by atoms with van der Waals surface area (Å²) < 4.78 is 0. The molecule has 0 aliphatic carbocycles. The predicted octanol–water partition coefficient (Wildman–Crippen LogP) is 3.85. The van der Waals surface area contributed by atoms with Gasteiger partial charge in [0.1, 0.15) is 0 Å². The normalized spacial score (nSPS) is 12.4. The Balaban J connectivity index is 2.16. The smallest absolute Gasteiger partial charge is 0.226 e. The van der Waals surface area contributed by atoms with Gasteiger partial charge in [-0.1, -0.05) is 39.0 Å². The van der Waals surface area contributed by atoms with Gasteiger partial charge in [-0.15, -0.1) is 11.3 Å². The Morgan fingerprint density at radius 1 is 1.37 bits per heavy atom. The first kappa shape index (κ1) is 16.1. The first-order valence-electron chi connectivity index (χ1n) is 7.14. The zero-order valence-electron chi connectivity index (χ0n) is 11.9. The van der Waals surface area contributed by atoms with E-state index >= 15 is 0 Å². The zero-order chi connectivity index (χ0) is 14.1. The molecule has 1 aromatic rings. The number of rotatable bonds is 9. The van der Waals surface area contributed by atoms with Crippen molar-refractivity contribution in [2.24, 2.45) is 5.73 Å². The maximum atomic E-state index is 11.7. The number of hydrogen-bond donors (Lipinski definition) is 2. The van der Waals surface area contributed by atoms with Crippen LogP contribution in [-0.2, 0) is 4.79 Å². The average molecular weight is 283 g/mol. The van der Waals surface area contributed by atoms with E-state index in [1.165, 1.54) is 37.0 Å². The van der Waals surface area contributed by atoms with Crippen LogP contribution in [0.4, 0.5) is 5.13 Å². The molecule has 0 saturated carbocycles. The molecule has 19 heavy (non-hydrogen) atoms. The summed E-state index contributed by atoms with van der Waals surface area (Å²) in [5.41, 5.74) is 6.56. The SMILES string of the molecule is CCCCCCCCC(=O)Nc1nc(C(C)N)cs1. The zero-order valence-corrected chi connectivity index (χ0v) is 12.8. The van der Waals surface area contributed by atoms with E-state index in [1.54, 1.807) is 0 Å². The summed E-state index contributed by atoms with van der Waals surface area (Å²) in [6.45, 7) is 4.09. The van der Waals surface area contributed by atoms with E-state index in [0.717, 1.165) is 18.5 Å². The number of nitrogens with two attached hydrogens (primary N) is 1. The minimum Gasteiger partial charge on any atom is -0.323 e. The molecule has 0 aromatic carbocycles. The quantitative estimate of drug-likeness (QED) is 0.676. The lowest BCUT2D eigenvalue weighted by Crippen LogP contribution is -2.11. The van der Waals surface area contributed by atoms with Gasteiger partial charge in [-0.05, 0) is 13.3 Å². The largest absolute Gasteiger partial charge is 0.323 e. The van der Waals surface area contributed by atoms with E-state index in [-0.39, 0.29) is 11.9 Å². The Morgan fingerprint density at radius 2 is 2.05 bits per heavy atom. The number of thiazole rings is 1. The highest BCUT2D eigenvalue weighted by Crippen LogP contribution is 2.19. The van der Waals surface area contributed by atoms with Crippen molar-refractivity contribution in [1.82, 2.24) is 4.98 Å². The Kier molecular flexibility index (Phi) is 7.67. The lowest BCUT2D eigenvalue weighted by Gasteiger charge is -2.02. The summed E-state index contributed by atoms with van der Waals surface area (Å²) in [4.78, 5) is 16.0. The van der Waals surface area contributed by atoms with Crippen molar-refractivity contribution in [3.8, 4) is 0 Å². The van der Waals surface area contributed by atoms with E-state index in [9.17, 15) is 4.79 Å². The summed E-state index contributed by atoms with van der Waals surface area (Å²) in [5, 5.41) is 5.38. The van der Waals surface area contributed by atoms with Crippen molar-refractivity contribution in [2.45, 2.75) is 64.8 Å². The number of aromatic nitrogens is 1. The predicted molar refractivity (Wildman–Crippen MR) is 81.3 cm³/mol. The van der Waals surface area contributed by atoms with E-state index in [4.69, 9.17) is 5.73 Å². The third-order valence-corrected chi connectivity index (χ3v) is 3.77. The maximum Gasteiger partial charge on any atom is 0.226 e. The van der Waals surface area contributed by atoms with Crippen LogP contribution in [0.5, 0.6) is 0 Å². The lowest BCUT2D eigenvalue weighted by molar-refractivity contribution is -0.116. The highest BCUT2D eigenvalue weighted by Gasteiger charge is 2.08. The van der Waals surface area contributed by atoms with E-state index in [2.05, 4.69) is 17.2 Å². The summed E-state index contributed by atoms with van der Waals surface area (Å²) in [5.74, 6) is 0.0565. The average Bonchev–Trinajstić information content (AvgIpc) is 2.82. The molecule has 1 aromatic heterocycles. The van der Waals surface area contributed by atoms with Crippen LogP contribution in [0, 0.1) is 0 Å². The Labute approximate surface area is 119 Å². The Hall–Kier alpha value is -0.940. The summed E-state index contributed by atoms with van der Waals surface area (Å²) in [7, 11) is 0. The van der Waals surface area contributed by atoms with Crippen LogP contribution in [-0.4, -0.2) is 10.9 Å². The van der Waals surface area contributed by atoms with Gasteiger partial charge in [-0.3, -0.25) is 4.79 Å². The Bertz CT molecular complexity index is 377. The van der Waals surface area contributed by atoms with Crippen LogP contribution in [0.25, 0.3) is 0 Å². The van der Waals surface area contributed by atoms with Gasteiger partial charge in [0.25, 0.3) is 0 Å². The highest BCUT2D eigenvalue weighted by molar-refractivity contribution is 7.13. The van der Waals surface area contributed by atoms with Crippen molar-refractivity contribution in [3.05, 3.63) is 11.1 Å². The van der Waals surface area contributed by atoms with Crippen molar-refractivity contribution in [2.75, 3.05) is 5.32 Å². The minimum absolute atomic E-state index is 0.0565. The first-order chi connectivity index (χ1) is 9.13. The van der Waals surface area contributed by atoms with Gasteiger partial charge in [0, 0.05) is 17.8 Å². The molecule has 1 atom stereocenters. The number of hydrogen-bond acceptors (Lipinski definition) is 4. The van der Waals surface area contributed by atoms with Crippen molar-refractivity contribution in [3.63, 3.8) is 0 Å². The molecular weight excluding hydrogens is 258 g/mol. The molecule has 0 spiro atoms. The van der Waals surface area contributed by atoms with Crippen LogP contribution in [0.3, 0.4) is 0 Å². The molecule has 1 rings (SSSR count). The van der Waals surface area contributed by atoms with Gasteiger partial charge in [-0.2, -0.15) is 0 Å². The van der Waals surface area contributed by atoms with Crippen LogP contribution in [0.1, 0.15) is 70.5 Å². The highest BCUT2D eigenvalue weighted by atomic mass is 32.1. The third-order valence-electron chi connectivity index (χ3n) is 2.99. The fourth-order valence-electron chi connectivity index (χ4n) is 1.80. The molecule has 0 aliphatic rings. The number of nitrogens with one attached hydrogen (secondary N) is 1. The molecule has 1 unspecified atom stereocenters. The maximum absolute atomic E-state index is 11.7. The summed E-state index contributed by atoms with van der Waals surface area (Å²) >= 11 is 1.43. The molecule has 1 amide bonds. The number of nitrogens with zero attached hydrogens (tertiary/aromatic N) is 1. The van der Waals surface area contributed by atoms with Crippen molar-refractivity contribution in [1.29, 1.82) is 0 Å². The molecule has 3 N–H and O–H groups in total. The summed E-state index contributed by atoms with van der Waals surface area (Å²) in [6, 6.07) is -0.0829. The minimum atomic E-state index is -0.0829. The molecule has 0 fully saturated rings. The van der Waals surface area contributed by atoms with Crippen LogP contribution >= 0.6 is 11.3 Å². The number of carbonyl (C=O) groups is 1. The van der Waals surface area contributed by atoms with Gasteiger partial charge >= 0.3 is 0 Å². The number of unbranched alkanes of at least 4 members (excludes halogenated alkanes) is 5. The number of carbonyl (C=O) groups excluding carboxylic acids is 1. The molecular formula is C14H25N3OS. The molecule has 5 heteroatoms. The molecule has 1 heterocycles. The van der Waals surface area contributed by atoms with E-state index in [0.29, 0.717) is 11.6 Å². The second kappa shape index (κ2) is 9.04. The molecule has 0 saturated heterocycles. The first-order valence-corrected chi connectivity index (χ1v) is 8.02. The second-order valence-corrected chi connectivity index (χ2v) is 5.79. The van der Waals surface area contributed by atoms with Gasteiger partial charge in [0.15, 0.2) is 5.13 Å². The molecule has 108 valence electrons. The van der Waals surface area contributed by atoms with Gasteiger partial charge < -0.3 is 11.1 Å². The van der Waals surface area contributed by atoms with Crippen LogP contribution in [0.2, 0.25) is 0 Å². The lowest BCUT2D eigenvalue weighted by atomic mass is 10.1. The van der Waals surface area contributed by atoms with Gasteiger partial charge in [0.2, 0.25) is 5.91 Å². The third kappa shape index (κ3) is 6.68. The second-order valence-electron chi connectivity index (χ2n) is 4.93. The fourth-order valence-corrected chi connectivity index (χ4v) is 2.63. The molecule has 4 nitrogen and oxygen atoms in total. The molecule has 0 radical (unpaired) electrons. The van der Waals surface area contributed by atoms with Crippen LogP contribution < -0.4 is 11.1 Å². The Morgan fingerprint density at radius 3 is 2.68 bits per heavy atom. The molecule has 0 bridgehead atoms. The monoisotopic (exact) mass is 283 g/mol. The molecule has 0 aliphatic heterocycles. The van der Waals surface area contributed by atoms with E-state index < -0.39 is 0 Å². The van der Waals surface area contributed by atoms with Crippen molar-refractivity contribution < 1.29 is 4.79 Å². The van der Waals surface area contributed by atoms with Gasteiger partial charge in [-0.25, -0.2) is 4.98 Å². The standard InChI is InChI=1S/C14H25N3OS/c1-3-4-5-6-7-8-9-13(18)17-14-16-12(10-19-14)11(2)15/h10-11H,3-9,15H2,1-2H3,(H,16,17,18). The number of anilines is 1. The van der Waals surface area contributed by atoms with Crippen molar-refractivity contribution >= 4 is 22.4 Å². The summed E-state index contributed by atoms with van der Waals surface area (Å²) in [6.07, 6.45) is 7.74. The topological polar surface area (TPSA) is 68.0 Å². The van der Waals surface area contributed by atoms with Crippen LogP contribution in [0.15, 0.2) is 5.38 Å². The number of amides is 1.